The number of rotatable bonds is 3. The fraction of sp³-hybridized carbons (Fsp3) is 0.444. The second-order valence-corrected chi connectivity index (χ2v) is 4.10. The van der Waals surface area contributed by atoms with Crippen molar-refractivity contribution in [2.24, 2.45) is 0 Å². The van der Waals surface area contributed by atoms with E-state index in [4.69, 9.17) is 5.41 Å². The highest BCUT2D eigenvalue weighted by Gasteiger charge is 2.04. The van der Waals surface area contributed by atoms with E-state index in [1.54, 1.807) is 6.20 Å². The van der Waals surface area contributed by atoms with Crippen molar-refractivity contribution in [2.75, 3.05) is 0 Å². The van der Waals surface area contributed by atoms with Crippen LogP contribution in [0.1, 0.15) is 19.8 Å². The van der Waals surface area contributed by atoms with Crippen molar-refractivity contribution < 1.29 is 0 Å². The Morgan fingerprint density at radius 3 is 3.21 bits per heavy atom. The van der Waals surface area contributed by atoms with Gasteiger partial charge in [0.25, 0.3) is 0 Å². The zero-order chi connectivity index (χ0) is 9.97. The Morgan fingerprint density at radius 2 is 2.43 bits per heavy atom. The molecule has 0 aromatic carbocycles. The first-order chi connectivity index (χ1) is 6.83. The average Bonchev–Trinajstić information content (AvgIpc) is 2.51. The van der Waals surface area contributed by atoms with Gasteiger partial charge in [-0.2, -0.15) is 0 Å². The summed E-state index contributed by atoms with van der Waals surface area (Å²) in [6.45, 7) is 3.04. The largest absolute Gasteiger partial charge is 0.314 e. The quantitative estimate of drug-likeness (QED) is 0.835. The van der Waals surface area contributed by atoms with Crippen molar-refractivity contribution in [3.05, 3.63) is 17.3 Å². The lowest BCUT2D eigenvalue weighted by Crippen LogP contribution is -2.12. The van der Waals surface area contributed by atoms with Crippen LogP contribution in [0.15, 0.2) is 12.5 Å². The standard InChI is InChI=1S/C9H12N4S/c1-2-3-4-13-7-5-11-6-12-8(7)14-9(13)10/h5-6,10H,2-4H2,1H3. The number of fused-ring (bicyclic) bond motifs is 1. The summed E-state index contributed by atoms with van der Waals surface area (Å²) in [6.07, 6.45) is 5.55. The van der Waals surface area contributed by atoms with Gasteiger partial charge in [-0.25, -0.2) is 9.97 Å². The molecule has 1 N–H and O–H groups in total. The van der Waals surface area contributed by atoms with E-state index in [2.05, 4.69) is 16.9 Å². The van der Waals surface area contributed by atoms with Crippen LogP contribution in [0.2, 0.25) is 0 Å². The van der Waals surface area contributed by atoms with E-state index in [9.17, 15) is 0 Å². The number of aromatic nitrogens is 3. The summed E-state index contributed by atoms with van der Waals surface area (Å²) in [6, 6.07) is 0. The van der Waals surface area contributed by atoms with Crippen LogP contribution < -0.4 is 4.80 Å². The molecule has 0 amide bonds. The van der Waals surface area contributed by atoms with Crippen molar-refractivity contribution >= 4 is 21.7 Å². The Balaban J connectivity index is 2.51. The molecule has 0 saturated heterocycles. The maximum Gasteiger partial charge on any atom is 0.184 e. The zero-order valence-electron chi connectivity index (χ0n) is 8.03. The monoisotopic (exact) mass is 208 g/mol. The third-order valence-corrected chi connectivity index (χ3v) is 3.04. The van der Waals surface area contributed by atoms with E-state index in [1.807, 2.05) is 4.57 Å². The fourth-order valence-electron chi connectivity index (χ4n) is 1.37. The van der Waals surface area contributed by atoms with Gasteiger partial charge in [0.1, 0.15) is 11.2 Å². The predicted molar refractivity (Wildman–Crippen MR) is 56.2 cm³/mol. The van der Waals surface area contributed by atoms with Crippen LogP contribution in [0.4, 0.5) is 0 Å². The summed E-state index contributed by atoms with van der Waals surface area (Å²) < 4.78 is 1.98. The van der Waals surface area contributed by atoms with E-state index >= 15 is 0 Å². The second kappa shape index (κ2) is 3.88. The molecule has 2 rings (SSSR count). The number of nitrogens with one attached hydrogen (secondary N) is 1. The Labute approximate surface area is 85.8 Å². The molecule has 0 aliphatic carbocycles. The number of nitrogens with zero attached hydrogens (tertiary/aromatic N) is 3. The van der Waals surface area contributed by atoms with Gasteiger partial charge in [0.05, 0.1) is 11.7 Å². The molecule has 74 valence electrons. The Hall–Kier alpha value is -1.23. The molecule has 0 radical (unpaired) electrons. The predicted octanol–water partition coefficient (Wildman–Crippen LogP) is 1.77. The van der Waals surface area contributed by atoms with E-state index in [1.165, 1.54) is 17.7 Å². The summed E-state index contributed by atoms with van der Waals surface area (Å²) in [7, 11) is 0. The van der Waals surface area contributed by atoms with Crippen molar-refractivity contribution in [1.82, 2.24) is 14.5 Å². The van der Waals surface area contributed by atoms with Gasteiger partial charge >= 0.3 is 0 Å². The molecule has 0 aliphatic rings. The van der Waals surface area contributed by atoms with Crippen molar-refractivity contribution in [3.8, 4) is 0 Å². The Morgan fingerprint density at radius 1 is 1.57 bits per heavy atom. The second-order valence-electron chi connectivity index (χ2n) is 3.13. The van der Waals surface area contributed by atoms with E-state index in [-0.39, 0.29) is 0 Å². The highest BCUT2D eigenvalue weighted by atomic mass is 32.1. The molecule has 14 heavy (non-hydrogen) atoms. The summed E-state index contributed by atoms with van der Waals surface area (Å²) in [5.74, 6) is 0. The molecule has 2 aromatic rings. The summed E-state index contributed by atoms with van der Waals surface area (Å²) in [5.41, 5.74) is 0.982. The minimum Gasteiger partial charge on any atom is -0.314 e. The third kappa shape index (κ3) is 1.55. The first kappa shape index (κ1) is 9.33. The molecule has 4 nitrogen and oxygen atoms in total. The molecule has 0 aliphatic heterocycles. The van der Waals surface area contributed by atoms with Crippen LogP contribution in [0, 0.1) is 5.41 Å². The lowest BCUT2D eigenvalue weighted by atomic mass is 10.3. The van der Waals surface area contributed by atoms with Gasteiger partial charge in [0.2, 0.25) is 0 Å². The molecule has 5 heteroatoms. The normalized spacial score (nSPS) is 10.9. The molecule has 0 fully saturated rings. The molecular weight excluding hydrogens is 196 g/mol. The van der Waals surface area contributed by atoms with Gasteiger partial charge in [-0.1, -0.05) is 24.7 Å². The molecule has 0 atom stereocenters. The lowest BCUT2D eigenvalue weighted by Gasteiger charge is -2.01. The highest BCUT2D eigenvalue weighted by molar-refractivity contribution is 7.15. The maximum atomic E-state index is 7.79. The van der Waals surface area contributed by atoms with Crippen LogP contribution in [-0.2, 0) is 6.54 Å². The number of aryl methyl sites for hydroxylation is 1. The Bertz CT molecular complexity index is 485. The van der Waals surface area contributed by atoms with E-state index in [0.717, 1.165) is 29.7 Å². The molecular formula is C9H12N4S. The van der Waals surface area contributed by atoms with Crippen LogP contribution in [0.3, 0.4) is 0 Å². The summed E-state index contributed by atoms with van der Waals surface area (Å²) in [5, 5.41) is 7.79. The molecule has 2 heterocycles. The average molecular weight is 208 g/mol. The first-order valence-electron chi connectivity index (χ1n) is 4.67. The van der Waals surface area contributed by atoms with Gasteiger partial charge < -0.3 is 4.57 Å². The zero-order valence-corrected chi connectivity index (χ0v) is 8.84. The summed E-state index contributed by atoms with van der Waals surface area (Å²) >= 11 is 1.41. The fourth-order valence-corrected chi connectivity index (χ4v) is 2.22. The van der Waals surface area contributed by atoms with Crippen molar-refractivity contribution in [1.29, 1.82) is 5.41 Å². The Kier molecular flexibility index (Phi) is 2.58. The van der Waals surface area contributed by atoms with Crippen molar-refractivity contribution in [3.63, 3.8) is 0 Å². The van der Waals surface area contributed by atoms with Crippen LogP contribution in [-0.4, -0.2) is 14.5 Å². The number of unbranched alkanes of at least 4 members (excludes halogenated alkanes) is 1. The van der Waals surface area contributed by atoms with Crippen LogP contribution >= 0.6 is 11.3 Å². The van der Waals surface area contributed by atoms with E-state index in [0.29, 0.717) is 4.80 Å². The van der Waals surface area contributed by atoms with Crippen molar-refractivity contribution in [2.45, 2.75) is 26.3 Å². The molecule has 0 saturated carbocycles. The number of thiazole rings is 1. The number of hydrogen-bond acceptors (Lipinski definition) is 4. The lowest BCUT2D eigenvalue weighted by molar-refractivity contribution is 0.630. The summed E-state index contributed by atoms with van der Waals surface area (Å²) in [4.78, 5) is 9.59. The minimum absolute atomic E-state index is 0.564. The molecule has 2 aromatic heterocycles. The van der Waals surface area contributed by atoms with Gasteiger partial charge in [-0.05, 0) is 6.42 Å². The van der Waals surface area contributed by atoms with Crippen LogP contribution in [0.25, 0.3) is 10.3 Å². The van der Waals surface area contributed by atoms with Gasteiger partial charge in [-0.3, -0.25) is 5.41 Å². The topological polar surface area (TPSA) is 54.6 Å². The molecule has 0 bridgehead atoms. The molecule has 0 spiro atoms. The van der Waals surface area contributed by atoms with Gasteiger partial charge in [-0.15, -0.1) is 0 Å². The minimum atomic E-state index is 0.564. The van der Waals surface area contributed by atoms with Gasteiger partial charge in [0.15, 0.2) is 4.80 Å². The van der Waals surface area contributed by atoms with Gasteiger partial charge in [0, 0.05) is 6.54 Å². The van der Waals surface area contributed by atoms with Crippen LogP contribution in [0.5, 0.6) is 0 Å². The maximum absolute atomic E-state index is 7.79. The van der Waals surface area contributed by atoms with E-state index < -0.39 is 0 Å². The third-order valence-electron chi connectivity index (χ3n) is 2.12. The number of hydrogen-bond donors (Lipinski definition) is 1. The SMILES string of the molecule is CCCCn1c(=N)sc2ncncc21. The highest BCUT2D eigenvalue weighted by Crippen LogP contribution is 2.12. The smallest absolute Gasteiger partial charge is 0.184 e. The molecule has 0 unspecified atom stereocenters. The first-order valence-corrected chi connectivity index (χ1v) is 5.48.